The Bertz CT molecular complexity index is 523. The topological polar surface area (TPSA) is 76.1 Å². The van der Waals surface area contributed by atoms with Crippen LogP contribution in [0.15, 0.2) is 12.4 Å². The standard InChI is InChI=1S/C16H24N4O2/c1-16(5-2-8-22-16)11-19-15(21)14-10-18-9-13(20-14)12-3-6-17-7-4-12/h9-10,12,17H,2-8,11H2,1H3,(H,19,21). The summed E-state index contributed by atoms with van der Waals surface area (Å²) in [4.78, 5) is 21.0. The van der Waals surface area contributed by atoms with E-state index in [1.807, 2.05) is 6.92 Å². The maximum atomic E-state index is 12.3. The average molecular weight is 304 g/mol. The molecule has 0 aliphatic carbocycles. The van der Waals surface area contributed by atoms with E-state index in [4.69, 9.17) is 4.74 Å². The van der Waals surface area contributed by atoms with Crippen LogP contribution in [0.25, 0.3) is 0 Å². The molecule has 1 atom stereocenters. The van der Waals surface area contributed by atoms with Crippen molar-refractivity contribution < 1.29 is 9.53 Å². The van der Waals surface area contributed by atoms with Gasteiger partial charge in [-0.3, -0.25) is 9.78 Å². The van der Waals surface area contributed by atoms with Gasteiger partial charge in [0, 0.05) is 25.3 Å². The molecule has 2 aliphatic heterocycles. The van der Waals surface area contributed by atoms with Gasteiger partial charge in [-0.05, 0) is 45.7 Å². The number of hydrogen-bond acceptors (Lipinski definition) is 5. The molecule has 2 aliphatic rings. The molecular weight excluding hydrogens is 280 g/mol. The molecule has 2 saturated heterocycles. The second-order valence-electron chi connectivity index (χ2n) is 6.44. The van der Waals surface area contributed by atoms with Crippen LogP contribution in [0.3, 0.4) is 0 Å². The first kappa shape index (κ1) is 15.4. The fourth-order valence-electron chi connectivity index (χ4n) is 3.14. The molecule has 120 valence electrons. The summed E-state index contributed by atoms with van der Waals surface area (Å²) in [7, 11) is 0. The molecule has 0 aromatic carbocycles. The molecule has 2 N–H and O–H groups in total. The summed E-state index contributed by atoms with van der Waals surface area (Å²) >= 11 is 0. The van der Waals surface area contributed by atoms with Gasteiger partial charge in [0.05, 0.1) is 17.5 Å². The predicted molar refractivity (Wildman–Crippen MR) is 82.8 cm³/mol. The zero-order valence-corrected chi connectivity index (χ0v) is 13.1. The van der Waals surface area contributed by atoms with Crippen molar-refractivity contribution in [3.8, 4) is 0 Å². The molecular formula is C16H24N4O2. The van der Waals surface area contributed by atoms with Gasteiger partial charge in [0.25, 0.3) is 5.91 Å². The molecule has 1 aromatic rings. The van der Waals surface area contributed by atoms with Gasteiger partial charge < -0.3 is 15.4 Å². The van der Waals surface area contributed by atoms with E-state index in [1.165, 1.54) is 6.20 Å². The minimum Gasteiger partial charge on any atom is -0.373 e. The molecule has 0 spiro atoms. The Hall–Kier alpha value is -1.53. The Labute approximate surface area is 131 Å². The van der Waals surface area contributed by atoms with Crippen molar-refractivity contribution >= 4 is 5.91 Å². The first-order chi connectivity index (χ1) is 10.7. The highest BCUT2D eigenvalue weighted by Gasteiger charge is 2.30. The van der Waals surface area contributed by atoms with Crippen molar-refractivity contribution in [1.29, 1.82) is 0 Å². The van der Waals surface area contributed by atoms with Gasteiger partial charge in [-0.1, -0.05) is 0 Å². The van der Waals surface area contributed by atoms with Crippen molar-refractivity contribution in [2.75, 3.05) is 26.2 Å². The average Bonchev–Trinajstić information content (AvgIpc) is 3.01. The first-order valence-corrected chi connectivity index (χ1v) is 8.11. The van der Waals surface area contributed by atoms with Crippen molar-refractivity contribution in [2.45, 2.75) is 44.1 Å². The Kier molecular flexibility index (Phi) is 4.69. The van der Waals surface area contributed by atoms with E-state index in [1.54, 1.807) is 6.20 Å². The van der Waals surface area contributed by atoms with Crippen LogP contribution in [-0.4, -0.2) is 47.7 Å². The molecule has 0 saturated carbocycles. The number of carbonyl (C=O) groups excluding carboxylic acids is 1. The number of rotatable bonds is 4. The minimum absolute atomic E-state index is 0.167. The van der Waals surface area contributed by atoms with Crippen molar-refractivity contribution in [2.24, 2.45) is 0 Å². The van der Waals surface area contributed by atoms with Crippen LogP contribution in [0, 0.1) is 0 Å². The van der Waals surface area contributed by atoms with E-state index in [-0.39, 0.29) is 11.5 Å². The van der Waals surface area contributed by atoms with Crippen LogP contribution in [0.5, 0.6) is 0 Å². The second-order valence-corrected chi connectivity index (χ2v) is 6.44. The fourth-order valence-corrected chi connectivity index (χ4v) is 3.14. The Morgan fingerprint density at radius 1 is 1.45 bits per heavy atom. The number of nitrogens with zero attached hydrogens (tertiary/aromatic N) is 2. The van der Waals surface area contributed by atoms with Crippen LogP contribution in [0.2, 0.25) is 0 Å². The summed E-state index contributed by atoms with van der Waals surface area (Å²) in [5, 5.41) is 6.27. The van der Waals surface area contributed by atoms with Gasteiger partial charge in [0.2, 0.25) is 0 Å². The Morgan fingerprint density at radius 3 is 3.00 bits per heavy atom. The number of amides is 1. The summed E-state index contributed by atoms with van der Waals surface area (Å²) in [6.45, 7) is 5.33. The normalized spacial score (nSPS) is 26.0. The zero-order valence-electron chi connectivity index (χ0n) is 13.1. The van der Waals surface area contributed by atoms with Gasteiger partial charge in [0.15, 0.2) is 0 Å². The maximum Gasteiger partial charge on any atom is 0.271 e. The van der Waals surface area contributed by atoms with E-state index >= 15 is 0 Å². The van der Waals surface area contributed by atoms with E-state index in [0.717, 1.165) is 51.1 Å². The SMILES string of the molecule is CC1(CNC(=O)c2cncc(C3CCNCC3)n2)CCCO1. The molecule has 1 unspecified atom stereocenters. The Morgan fingerprint density at radius 2 is 2.27 bits per heavy atom. The molecule has 22 heavy (non-hydrogen) atoms. The zero-order chi connectivity index (χ0) is 15.4. The van der Waals surface area contributed by atoms with Crippen molar-refractivity contribution in [3.63, 3.8) is 0 Å². The van der Waals surface area contributed by atoms with Gasteiger partial charge >= 0.3 is 0 Å². The maximum absolute atomic E-state index is 12.3. The third kappa shape index (κ3) is 3.62. The van der Waals surface area contributed by atoms with Crippen LogP contribution >= 0.6 is 0 Å². The summed E-state index contributed by atoms with van der Waals surface area (Å²) in [6.07, 6.45) is 7.45. The van der Waals surface area contributed by atoms with E-state index in [0.29, 0.717) is 18.2 Å². The third-order valence-electron chi connectivity index (χ3n) is 4.57. The van der Waals surface area contributed by atoms with Gasteiger partial charge in [-0.25, -0.2) is 4.98 Å². The molecule has 6 nitrogen and oxygen atoms in total. The van der Waals surface area contributed by atoms with Crippen LogP contribution in [0.4, 0.5) is 0 Å². The van der Waals surface area contributed by atoms with Crippen molar-refractivity contribution in [3.05, 3.63) is 23.8 Å². The minimum atomic E-state index is -0.240. The molecule has 1 amide bonds. The van der Waals surface area contributed by atoms with Gasteiger partial charge in [-0.15, -0.1) is 0 Å². The summed E-state index contributed by atoms with van der Waals surface area (Å²) in [5.41, 5.74) is 1.09. The number of nitrogens with one attached hydrogen (secondary N) is 2. The number of aromatic nitrogens is 2. The summed E-state index contributed by atoms with van der Waals surface area (Å²) in [6, 6.07) is 0. The first-order valence-electron chi connectivity index (χ1n) is 8.11. The third-order valence-corrected chi connectivity index (χ3v) is 4.57. The number of piperidine rings is 1. The highest BCUT2D eigenvalue weighted by molar-refractivity contribution is 5.92. The van der Waals surface area contributed by atoms with E-state index in [2.05, 4.69) is 20.6 Å². The molecule has 6 heteroatoms. The van der Waals surface area contributed by atoms with Crippen LogP contribution < -0.4 is 10.6 Å². The highest BCUT2D eigenvalue weighted by atomic mass is 16.5. The smallest absolute Gasteiger partial charge is 0.271 e. The quantitative estimate of drug-likeness (QED) is 0.875. The lowest BCUT2D eigenvalue weighted by atomic mass is 9.95. The van der Waals surface area contributed by atoms with E-state index < -0.39 is 0 Å². The number of hydrogen-bond donors (Lipinski definition) is 2. The van der Waals surface area contributed by atoms with Gasteiger partial charge in [0.1, 0.15) is 5.69 Å². The highest BCUT2D eigenvalue weighted by Crippen LogP contribution is 2.24. The predicted octanol–water partition coefficient (Wildman–Crippen LogP) is 1.24. The molecule has 0 radical (unpaired) electrons. The molecule has 3 heterocycles. The largest absolute Gasteiger partial charge is 0.373 e. The van der Waals surface area contributed by atoms with Crippen LogP contribution in [0.1, 0.15) is 54.7 Å². The molecule has 3 rings (SSSR count). The second kappa shape index (κ2) is 6.71. The molecule has 2 fully saturated rings. The molecule has 0 bridgehead atoms. The number of carbonyl (C=O) groups is 1. The summed E-state index contributed by atoms with van der Waals surface area (Å²) in [5.74, 6) is 0.234. The van der Waals surface area contributed by atoms with Crippen LogP contribution in [-0.2, 0) is 4.74 Å². The van der Waals surface area contributed by atoms with Crippen molar-refractivity contribution in [1.82, 2.24) is 20.6 Å². The Balaban J connectivity index is 1.62. The lowest BCUT2D eigenvalue weighted by molar-refractivity contribution is 0.0205. The fraction of sp³-hybridized carbons (Fsp3) is 0.688. The summed E-state index contributed by atoms with van der Waals surface area (Å²) < 4.78 is 5.69. The van der Waals surface area contributed by atoms with E-state index in [9.17, 15) is 4.79 Å². The molecule has 1 aromatic heterocycles. The monoisotopic (exact) mass is 304 g/mol. The number of ether oxygens (including phenoxy) is 1. The lowest BCUT2D eigenvalue weighted by Crippen LogP contribution is -2.40. The van der Waals surface area contributed by atoms with Gasteiger partial charge in [-0.2, -0.15) is 0 Å². The lowest BCUT2D eigenvalue weighted by Gasteiger charge is -2.23.